The first-order valence-corrected chi connectivity index (χ1v) is 6.75. The lowest BCUT2D eigenvalue weighted by Crippen LogP contribution is -2.19. The van der Waals surface area contributed by atoms with E-state index in [1.165, 1.54) is 24.3 Å². The molecule has 82 valence electrons. The zero-order valence-corrected chi connectivity index (χ0v) is 10.0. The van der Waals surface area contributed by atoms with Gasteiger partial charge in [0.05, 0.1) is 0 Å². The molecule has 2 rings (SSSR count). The number of rotatable bonds is 3. The highest BCUT2D eigenvalue weighted by molar-refractivity contribution is 7.99. The number of aryl methyl sites for hydroxylation is 1. The van der Waals surface area contributed by atoms with E-state index in [0.717, 1.165) is 24.0 Å². The molecule has 2 heterocycles. The molecule has 1 aliphatic heterocycles. The van der Waals surface area contributed by atoms with Crippen LogP contribution in [0.4, 0.5) is 5.82 Å². The minimum absolute atomic E-state index is 0.841. The van der Waals surface area contributed by atoms with Crippen LogP contribution in [0.2, 0.25) is 0 Å². The molecule has 0 unspecified atom stereocenters. The van der Waals surface area contributed by atoms with Crippen molar-refractivity contribution in [1.82, 2.24) is 4.98 Å². The molecule has 1 aliphatic rings. The Bertz CT molecular complexity index is 308. The molecule has 0 saturated carbocycles. The van der Waals surface area contributed by atoms with E-state index in [0.29, 0.717) is 0 Å². The summed E-state index contributed by atoms with van der Waals surface area (Å²) in [5.41, 5.74) is 1.08. The molecule has 2 nitrogen and oxygen atoms in total. The van der Waals surface area contributed by atoms with Crippen molar-refractivity contribution >= 4 is 17.6 Å². The van der Waals surface area contributed by atoms with Gasteiger partial charge in [-0.05, 0) is 49.3 Å². The Morgan fingerprint density at radius 1 is 1.40 bits per heavy atom. The minimum Gasteiger partial charge on any atom is -0.370 e. The van der Waals surface area contributed by atoms with Gasteiger partial charge in [0.2, 0.25) is 0 Å². The Morgan fingerprint density at radius 3 is 2.93 bits per heavy atom. The van der Waals surface area contributed by atoms with Gasteiger partial charge in [-0.2, -0.15) is 11.8 Å². The summed E-state index contributed by atoms with van der Waals surface area (Å²) < 4.78 is 0. The maximum absolute atomic E-state index is 4.44. The van der Waals surface area contributed by atoms with Crippen LogP contribution in [-0.4, -0.2) is 23.0 Å². The Labute approximate surface area is 95.9 Å². The van der Waals surface area contributed by atoms with Gasteiger partial charge in [-0.25, -0.2) is 4.98 Å². The number of hydrogen-bond donors (Lipinski definition) is 1. The predicted molar refractivity (Wildman–Crippen MR) is 67.5 cm³/mol. The molecule has 15 heavy (non-hydrogen) atoms. The van der Waals surface area contributed by atoms with E-state index >= 15 is 0 Å². The van der Waals surface area contributed by atoms with Crippen LogP contribution in [0.1, 0.15) is 18.5 Å². The van der Waals surface area contributed by atoms with E-state index in [2.05, 4.69) is 28.1 Å². The van der Waals surface area contributed by atoms with E-state index in [1.54, 1.807) is 0 Å². The molecule has 0 bridgehead atoms. The maximum Gasteiger partial charge on any atom is 0.126 e. The fraction of sp³-hybridized carbons (Fsp3) is 0.583. The lowest BCUT2D eigenvalue weighted by atomic mass is 10.0. The molecule has 0 radical (unpaired) electrons. The molecule has 0 amide bonds. The molecule has 1 N–H and O–H groups in total. The van der Waals surface area contributed by atoms with Gasteiger partial charge in [0, 0.05) is 12.2 Å². The first-order valence-electron chi connectivity index (χ1n) is 5.60. The number of thioether (sulfide) groups is 1. The smallest absolute Gasteiger partial charge is 0.126 e. The Balaban J connectivity index is 1.81. The molecule has 3 heteroatoms. The zero-order chi connectivity index (χ0) is 10.5. The van der Waals surface area contributed by atoms with E-state index in [9.17, 15) is 0 Å². The number of aromatic nitrogens is 1. The van der Waals surface area contributed by atoms with Crippen molar-refractivity contribution < 1.29 is 0 Å². The van der Waals surface area contributed by atoms with E-state index in [4.69, 9.17) is 0 Å². The van der Waals surface area contributed by atoms with Crippen LogP contribution < -0.4 is 5.32 Å². The molecule has 0 atom stereocenters. The second-order valence-corrected chi connectivity index (χ2v) is 5.33. The number of anilines is 1. The third-order valence-electron chi connectivity index (χ3n) is 2.80. The minimum atomic E-state index is 0.841. The lowest BCUT2D eigenvalue weighted by molar-refractivity contribution is 0.515. The average Bonchev–Trinajstić information content (AvgIpc) is 2.28. The molecular weight excluding hydrogens is 204 g/mol. The summed E-state index contributed by atoms with van der Waals surface area (Å²) in [6.07, 6.45) is 2.70. The monoisotopic (exact) mass is 222 g/mol. The highest BCUT2D eigenvalue weighted by atomic mass is 32.2. The fourth-order valence-corrected chi connectivity index (χ4v) is 3.05. The molecule has 1 saturated heterocycles. The van der Waals surface area contributed by atoms with Crippen LogP contribution >= 0.6 is 11.8 Å². The summed E-state index contributed by atoms with van der Waals surface area (Å²) in [5.74, 6) is 4.52. The normalized spacial score (nSPS) is 17.7. The summed E-state index contributed by atoms with van der Waals surface area (Å²) in [4.78, 5) is 4.44. The second kappa shape index (κ2) is 5.40. The Hall–Kier alpha value is -0.700. The van der Waals surface area contributed by atoms with Gasteiger partial charge in [0.15, 0.2) is 0 Å². The highest BCUT2D eigenvalue weighted by Crippen LogP contribution is 2.22. The molecule has 1 aromatic heterocycles. The second-order valence-electron chi connectivity index (χ2n) is 4.10. The van der Waals surface area contributed by atoms with Crippen LogP contribution in [0.25, 0.3) is 0 Å². The van der Waals surface area contributed by atoms with Gasteiger partial charge in [-0.3, -0.25) is 0 Å². The topological polar surface area (TPSA) is 24.9 Å². The Morgan fingerprint density at radius 2 is 2.20 bits per heavy atom. The van der Waals surface area contributed by atoms with Gasteiger partial charge in [-0.1, -0.05) is 6.07 Å². The van der Waals surface area contributed by atoms with Crippen LogP contribution in [0.3, 0.4) is 0 Å². The van der Waals surface area contributed by atoms with Crippen LogP contribution in [0, 0.1) is 12.8 Å². The quantitative estimate of drug-likeness (QED) is 0.851. The average molecular weight is 222 g/mol. The highest BCUT2D eigenvalue weighted by Gasteiger charge is 2.13. The summed E-state index contributed by atoms with van der Waals surface area (Å²) in [7, 11) is 0. The third kappa shape index (κ3) is 3.42. The van der Waals surface area contributed by atoms with Crippen molar-refractivity contribution in [2.75, 3.05) is 23.4 Å². The summed E-state index contributed by atoms with van der Waals surface area (Å²) in [5, 5.41) is 3.43. The van der Waals surface area contributed by atoms with Crippen molar-refractivity contribution in [3.8, 4) is 0 Å². The molecule has 0 spiro atoms. The lowest BCUT2D eigenvalue weighted by Gasteiger charge is -2.21. The van der Waals surface area contributed by atoms with E-state index in [-0.39, 0.29) is 0 Å². The molecule has 0 aliphatic carbocycles. The number of hydrogen-bond acceptors (Lipinski definition) is 3. The standard InChI is InChI=1S/C12H18N2S/c1-10-3-2-4-12(14-10)13-9-11-5-7-15-8-6-11/h2-4,11H,5-9H2,1H3,(H,13,14). The van der Waals surface area contributed by atoms with Crippen molar-refractivity contribution in [1.29, 1.82) is 0 Å². The van der Waals surface area contributed by atoms with Gasteiger partial charge in [0.1, 0.15) is 5.82 Å². The van der Waals surface area contributed by atoms with Crippen molar-refractivity contribution in [3.63, 3.8) is 0 Å². The summed E-state index contributed by atoms with van der Waals surface area (Å²) in [6, 6.07) is 6.13. The number of nitrogens with zero attached hydrogens (tertiary/aromatic N) is 1. The maximum atomic E-state index is 4.44. The first-order chi connectivity index (χ1) is 7.34. The van der Waals surface area contributed by atoms with Gasteiger partial charge in [0.25, 0.3) is 0 Å². The largest absolute Gasteiger partial charge is 0.370 e. The van der Waals surface area contributed by atoms with Crippen LogP contribution in [0.5, 0.6) is 0 Å². The fourth-order valence-electron chi connectivity index (χ4n) is 1.84. The number of nitrogens with one attached hydrogen (secondary N) is 1. The molecular formula is C12H18N2S. The summed E-state index contributed by atoms with van der Waals surface area (Å²) >= 11 is 2.08. The molecule has 0 aromatic carbocycles. The summed E-state index contributed by atoms with van der Waals surface area (Å²) in [6.45, 7) is 3.11. The van der Waals surface area contributed by atoms with E-state index < -0.39 is 0 Å². The zero-order valence-electron chi connectivity index (χ0n) is 9.20. The van der Waals surface area contributed by atoms with Gasteiger partial charge in [-0.15, -0.1) is 0 Å². The van der Waals surface area contributed by atoms with Crippen molar-refractivity contribution in [2.45, 2.75) is 19.8 Å². The predicted octanol–water partition coefficient (Wildman–Crippen LogP) is 2.95. The third-order valence-corrected chi connectivity index (χ3v) is 3.85. The molecule has 1 aromatic rings. The number of pyridine rings is 1. The Kier molecular flexibility index (Phi) is 3.89. The van der Waals surface area contributed by atoms with Crippen LogP contribution in [-0.2, 0) is 0 Å². The van der Waals surface area contributed by atoms with Crippen LogP contribution in [0.15, 0.2) is 18.2 Å². The van der Waals surface area contributed by atoms with E-state index in [1.807, 2.05) is 19.1 Å². The van der Waals surface area contributed by atoms with Crippen molar-refractivity contribution in [2.24, 2.45) is 5.92 Å². The first kappa shape index (κ1) is 10.8. The van der Waals surface area contributed by atoms with Gasteiger partial charge < -0.3 is 5.32 Å². The molecule has 1 fully saturated rings. The SMILES string of the molecule is Cc1cccc(NCC2CCSCC2)n1. The van der Waals surface area contributed by atoms with Crippen molar-refractivity contribution in [3.05, 3.63) is 23.9 Å². The van der Waals surface area contributed by atoms with Gasteiger partial charge >= 0.3 is 0 Å².